The van der Waals surface area contributed by atoms with Crippen molar-refractivity contribution < 1.29 is 9.15 Å². The molecule has 1 aromatic carbocycles. The third-order valence-corrected chi connectivity index (χ3v) is 2.56. The standard InChI is InChI=1S/C11H10BrClN2O2/c1-6(2)16-9-4-3-7(5-8(9)13)10-14-15-11(12)17-10/h3-6H,1-2H3. The Balaban J connectivity index is 2.30. The predicted octanol–water partition coefficient (Wildman–Crippen LogP) is 3.94. The van der Waals surface area contributed by atoms with Crippen LogP contribution in [-0.4, -0.2) is 16.3 Å². The first-order chi connectivity index (χ1) is 8.06. The highest BCUT2D eigenvalue weighted by molar-refractivity contribution is 9.10. The van der Waals surface area contributed by atoms with E-state index in [2.05, 4.69) is 26.1 Å². The molecule has 0 aliphatic heterocycles. The maximum atomic E-state index is 6.10. The van der Waals surface area contributed by atoms with Crippen molar-refractivity contribution in [2.45, 2.75) is 20.0 Å². The van der Waals surface area contributed by atoms with Crippen LogP contribution in [0.3, 0.4) is 0 Å². The van der Waals surface area contributed by atoms with Crippen molar-refractivity contribution >= 4 is 27.5 Å². The topological polar surface area (TPSA) is 48.2 Å². The van der Waals surface area contributed by atoms with Gasteiger partial charge in [-0.05, 0) is 32.0 Å². The van der Waals surface area contributed by atoms with Crippen molar-refractivity contribution in [3.8, 4) is 17.2 Å². The normalized spacial score (nSPS) is 10.9. The van der Waals surface area contributed by atoms with Gasteiger partial charge in [0.1, 0.15) is 5.75 Å². The Morgan fingerprint density at radius 2 is 2.12 bits per heavy atom. The number of hydrogen-bond donors (Lipinski definition) is 0. The summed E-state index contributed by atoms with van der Waals surface area (Å²) in [4.78, 5) is 0.339. The molecular formula is C11H10BrClN2O2. The molecule has 0 atom stereocenters. The predicted molar refractivity (Wildman–Crippen MR) is 68.2 cm³/mol. The highest BCUT2D eigenvalue weighted by Crippen LogP contribution is 2.30. The van der Waals surface area contributed by atoms with Crippen LogP contribution in [0.5, 0.6) is 5.75 Å². The van der Waals surface area contributed by atoms with Crippen LogP contribution in [-0.2, 0) is 0 Å². The van der Waals surface area contributed by atoms with Crippen molar-refractivity contribution in [2.75, 3.05) is 0 Å². The molecule has 17 heavy (non-hydrogen) atoms. The second-order valence-electron chi connectivity index (χ2n) is 3.67. The molecule has 90 valence electrons. The first-order valence-electron chi connectivity index (χ1n) is 5.02. The van der Waals surface area contributed by atoms with E-state index in [9.17, 15) is 0 Å². The summed E-state index contributed by atoms with van der Waals surface area (Å²) in [6.45, 7) is 3.89. The molecule has 6 heteroatoms. The second-order valence-corrected chi connectivity index (χ2v) is 4.76. The molecule has 0 N–H and O–H groups in total. The molecule has 2 rings (SSSR count). The maximum Gasteiger partial charge on any atom is 0.285 e. The molecule has 4 nitrogen and oxygen atoms in total. The molecule has 0 radical (unpaired) electrons. The monoisotopic (exact) mass is 316 g/mol. The number of aromatic nitrogens is 2. The number of halogens is 2. The van der Waals surface area contributed by atoms with Gasteiger partial charge in [-0.3, -0.25) is 0 Å². The number of nitrogens with zero attached hydrogens (tertiary/aromatic N) is 2. The van der Waals surface area contributed by atoms with E-state index in [1.54, 1.807) is 12.1 Å². The van der Waals surface area contributed by atoms with Gasteiger partial charge >= 0.3 is 0 Å². The van der Waals surface area contributed by atoms with Crippen LogP contribution in [0, 0.1) is 0 Å². The smallest absolute Gasteiger partial charge is 0.285 e. The summed E-state index contributed by atoms with van der Waals surface area (Å²) in [5.74, 6) is 1.05. The molecule has 0 amide bonds. The average molecular weight is 318 g/mol. The van der Waals surface area contributed by atoms with Crippen LogP contribution in [0.2, 0.25) is 5.02 Å². The van der Waals surface area contributed by atoms with Crippen molar-refractivity contribution in [3.05, 3.63) is 28.0 Å². The fraction of sp³-hybridized carbons (Fsp3) is 0.273. The second kappa shape index (κ2) is 5.06. The SMILES string of the molecule is CC(C)Oc1ccc(-c2nnc(Br)o2)cc1Cl. The Bertz CT molecular complexity index is 528. The summed E-state index contributed by atoms with van der Waals surface area (Å²) in [6, 6.07) is 5.35. The maximum absolute atomic E-state index is 6.10. The van der Waals surface area contributed by atoms with E-state index in [0.717, 1.165) is 5.56 Å². The molecule has 2 aromatic rings. The van der Waals surface area contributed by atoms with E-state index in [1.165, 1.54) is 0 Å². The van der Waals surface area contributed by atoms with Gasteiger partial charge in [-0.1, -0.05) is 11.6 Å². The van der Waals surface area contributed by atoms with Gasteiger partial charge in [-0.15, -0.1) is 10.2 Å². The van der Waals surface area contributed by atoms with E-state index in [4.69, 9.17) is 20.8 Å². The lowest BCUT2D eigenvalue weighted by Crippen LogP contribution is -2.05. The van der Waals surface area contributed by atoms with Crippen LogP contribution < -0.4 is 4.74 Å². The summed E-state index contributed by atoms with van der Waals surface area (Å²) in [5.41, 5.74) is 0.754. The van der Waals surface area contributed by atoms with Gasteiger partial charge in [-0.2, -0.15) is 0 Å². The molecule has 1 heterocycles. The summed E-state index contributed by atoms with van der Waals surface area (Å²) in [7, 11) is 0. The van der Waals surface area contributed by atoms with E-state index in [1.807, 2.05) is 19.9 Å². The van der Waals surface area contributed by atoms with Crippen LogP contribution in [0.1, 0.15) is 13.8 Å². The summed E-state index contributed by atoms with van der Waals surface area (Å²) < 4.78 is 10.8. The van der Waals surface area contributed by atoms with Crippen LogP contribution >= 0.6 is 27.5 Å². The van der Waals surface area contributed by atoms with Crippen molar-refractivity contribution in [1.29, 1.82) is 0 Å². The molecule has 1 aromatic heterocycles. The number of benzene rings is 1. The lowest BCUT2D eigenvalue weighted by molar-refractivity contribution is 0.242. The van der Waals surface area contributed by atoms with Gasteiger partial charge in [0.2, 0.25) is 5.89 Å². The lowest BCUT2D eigenvalue weighted by Gasteiger charge is -2.11. The summed E-state index contributed by atoms with van der Waals surface area (Å²) in [5, 5.41) is 8.09. The van der Waals surface area contributed by atoms with E-state index < -0.39 is 0 Å². The van der Waals surface area contributed by atoms with Crippen molar-refractivity contribution in [3.63, 3.8) is 0 Å². The van der Waals surface area contributed by atoms with Crippen LogP contribution in [0.15, 0.2) is 27.4 Å². The van der Waals surface area contributed by atoms with Gasteiger partial charge in [0, 0.05) is 21.5 Å². The van der Waals surface area contributed by atoms with Gasteiger partial charge in [0.25, 0.3) is 4.80 Å². The fourth-order valence-corrected chi connectivity index (χ4v) is 1.76. The van der Waals surface area contributed by atoms with Crippen LogP contribution in [0.25, 0.3) is 11.5 Å². The van der Waals surface area contributed by atoms with E-state index in [-0.39, 0.29) is 6.10 Å². The Hall–Kier alpha value is -1.07. The minimum Gasteiger partial charge on any atom is -0.489 e. The summed E-state index contributed by atoms with van der Waals surface area (Å²) in [6.07, 6.45) is 0.0795. The number of rotatable bonds is 3. The largest absolute Gasteiger partial charge is 0.489 e. The van der Waals surface area contributed by atoms with Gasteiger partial charge in [0.05, 0.1) is 11.1 Å². The zero-order chi connectivity index (χ0) is 12.4. The Labute approximate surface area is 112 Å². The number of ether oxygens (including phenoxy) is 1. The molecule has 0 bridgehead atoms. The first kappa shape index (κ1) is 12.4. The third-order valence-electron chi connectivity index (χ3n) is 1.94. The molecular weight excluding hydrogens is 307 g/mol. The van der Waals surface area contributed by atoms with E-state index >= 15 is 0 Å². The fourth-order valence-electron chi connectivity index (χ4n) is 1.31. The van der Waals surface area contributed by atoms with Crippen molar-refractivity contribution in [2.24, 2.45) is 0 Å². The van der Waals surface area contributed by atoms with E-state index in [0.29, 0.717) is 21.5 Å². The first-order valence-corrected chi connectivity index (χ1v) is 6.19. The lowest BCUT2D eigenvalue weighted by atomic mass is 10.2. The zero-order valence-electron chi connectivity index (χ0n) is 9.28. The molecule has 0 saturated heterocycles. The zero-order valence-corrected chi connectivity index (χ0v) is 11.6. The molecule has 0 aliphatic rings. The van der Waals surface area contributed by atoms with Gasteiger partial charge in [-0.25, -0.2) is 0 Å². The van der Waals surface area contributed by atoms with Crippen LogP contribution in [0.4, 0.5) is 0 Å². The average Bonchev–Trinajstić information content (AvgIpc) is 2.67. The quantitative estimate of drug-likeness (QED) is 0.860. The minimum absolute atomic E-state index is 0.0795. The molecule has 0 unspecified atom stereocenters. The Kier molecular flexibility index (Phi) is 3.69. The number of hydrogen-bond acceptors (Lipinski definition) is 4. The van der Waals surface area contributed by atoms with Crippen molar-refractivity contribution in [1.82, 2.24) is 10.2 Å². The molecule has 0 fully saturated rings. The molecule has 0 spiro atoms. The highest BCUT2D eigenvalue weighted by Gasteiger charge is 2.10. The summed E-state index contributed by atoms with van der Waals surface area (Å²) >= 11 is 9.20. The third kappa shape index (κ3) is 2.98. The van der Waals surface area contributed by atoms with Gasteiger partial charge < -0.3 is 9.15 Å². The molecule has 0 saturated carbocycles. The van der Waals surface area contributed by atoms with Gasteiger partial charge in [0.15, 0.2) is 0 Å². The molecule has 0 aliphatic carbocycles. The Morgan fingerprint density at radius 1 is 1.35 bits per heavy atom. The Morgan fingerprint density at radius 3 is 2.65 bits per heavy atom. The highest BCUT2D eigenvalue weighted by atomic mass is 79.9. The minimum atomic E-state index is 0.0795.